The van der Waals surface area contributed by atoms with Gasteiger partial charge >= 0.3 is 0 Å². The van der Waals surface area contributed by atoms with Crippen LogP contribution in [-0.2, 0) is 13.6 Å². The summed E-state index contributed by atoms with van der Waals surface area (Å²) >= 11 is 0. The highest BCUT2D eigenvalue weighted by Crippen LogP contribution is 2.19. The Hall–Kier alpha value is -2.96. The number of nitrogens with two attached hydrogens (primary N) is 1. The minimum Gasteiger partial charge on any atom is -0.384 e. The van der Waals surface area contributed by atoms with Crippen molar-refractivity contribution in [1.82, 2.24) is 25.1 Å². The van der Waals surface area contributed by atoms with Crippen LogP contribution >= 0.6 is 0 Å². The fraction of sp³-hybridized carbons (Fsp3) is 0.143. The molecule has 1 amide bonds. The van der Waals surface area contributed by atoms with Gasteiger partial charge in [0.25, 0.3) is 5.91 Å². The third-order valence-corrected chi connectivity index (χ3v) is 3.03. The quantitative estimate of drug-likeness (QED) is 0.743. The molecule has 0 atom stereocenters. The van der Waals surface area contributed by atoms with E-state index in [0.717, 1.165) is 5.39 Å². The number of nitrogens with zero attached hydrogens (tertiary/aromatic N) is 4. The van der Waals surface area contributed by atoms with Crippen LogP contribution in [0.2, 0.25) is 0 Å². The van der Waals surface area contributed by atoms with E-state index in [-0.39, 0.29) is 12.5 Å². The first-order valence-corrected chi connectivity index (χ1v) is 6.41. The predicted molar refractivity (Wildman–Crippen MR) is 78.3 cm³/mol. The Morgan fingerprint density at radius 3 is 2.95 bits per heavy atom. The Kier molecular flexibility index (Phi) is 3.23. The van der Waals surface area contributed by atoms with Crippen molar-refractivity contribution in [3.8, 4) is 0 Å². The molecular weight excluding hydrogens is 268 g/mol. The first-order valence-electron chi connectivity index (χ1n) is 6.41. The molecule has 0 bridgehead atoms. The molecule has 3 aromatic rings. The molecule has 2 heterocycles. The third-order valence-electron chi connectivity index (χ3n) is 3.03. The van der Waals surface area contributed by atoms with Crippen molar-refractivity contribution in [1.29, 1.82) is 0 Å². The van der Waals surface area contributed by atoms with Gasteiger partial charge in [0.15, 0.2) is 5.82 Å². The van der Waals surface area contributed by atoms with E-state index in [1.54, 1.807) is 24.1 Å². The number of hydrogen-bond acceptors (Lipinski definition) is 5. The van der Waals surface area contributed by atoms with Gasteiger partial charge in [-0.2, -0.15) is 5.10 Å². The van der Waals surface area contributed by atoms with Gasteiger partial charge in [-0.05, 0) is 12.1 Å². The van der Waals surface area contributed by atoms with Crippen LogP contribution < -0.4 is 11.1 Å². The van der Waals surface area contributed by atoms with Gasteiger partial charge in [-0.15, -0.1) is 0 Å². The zero-order valence-electron chi connectivity index (χ0n) is 11.4. The number of hydrogen-bond donors (Lipinski definition) is 2. The molecule has 1 aromatic carbocycles. The second kappa shape index (κ2) is 5.20. The molecule has 0 saturated carbocycles. The van der Waals surface area contributed by atoms with Gasteiger partial charge in [-0.1, -0.05) is 18.2 Å². The summed E-state index contributed by atoms with van der Waals surface area (Å²) in [7, 11) is 1.77. The van der Waals surface area contributed by atoms with Crippen LogP contribution in [0, 0.1) is 0 Å². The number of carbonyl (C=O) groups excluding carboxylic acids is 1. The molecule has 3 rings (SSSR count). The number of amides is 1. The summed E-state index contributed by atoms with van der Waals surface area (Å²) in [5.41, 5.74) is 6.94. The van der Waals surface area contributed by atoms with Crippen LogP contribution in [0.1, 0.15) is 16.2 Å². The Morgan fingerprint density at radius 2 is 2.19 bits per heavy atom. The number of aryl methyl sites for hydroxylation is 1. The van der Waals surface area contributed by atoms with E-state index in [1.165, 1.54) is 0 Å². The lowest BCUT2D eigenvalue weighted by Crippen LogP contribution is -2.24. The normalized spacial score (nSPS) is 10.7. The molecule has 0 aliphatic heterocycles. The van der Waals surface area contributed by atoms with Gasteiger partial charge in [0.05, 0.1) is 17.6 Å². The summed E-state index contributed by atoms with van der Waals surface area (Å²) in [4.78, 5) is 20.6. The molecule has 7 nitrogen and oxygen atoms in total. The maximum absolute atomic E-state index is 12.3. The van der Waals surface area contributed by atoms with Crippen LogP contribution in [-0.4, -0.2) is 25.7 Å². The Morgan fingerprint density at radius 1 is 1.38 bits per heavy atom. The number of para-hydroxylation sites is 1. The molecule has 0 spiro atoms. The molecule has 0 saturated heterocycles. The maximum Gasteiger partial charge on any atom is 0.252 e. The van der Waals surface area contributed by atoms with Gasteiger partial charge in [-0.3, -0.25) is 9.48 Å². The highest BCUT2D eigenvalue weighted by Gasteiger charge is 2.12. The summed E-state index contributed by atoms with van der Waals surface area (Å²) in [5, 5.41) is 7.66. The number of rotatable bonds is 3. The summed E-state index contributed by atoms with van der Waals surface area (Å²) in [5.74, 6) is 0.639. The number of pyridine rings is 1. The Balaban J connectivity index is 1.87. The van der Waals surface area contributed by atoms with E-state index >= 15 is 0 Å². The van der Waals surface area contributed by atoms with Gasteiger partial charge in [0.2, 0.25) is 0 Å². The zero-order valence-corrected chi connectivity index (χ0v) is 11.4. The minimum absolute atomic E-state index is 0.229. The van der Waals surface area contributed by atoms with Crippen LogP contribution in [0.25, 0.3) is 10.9 Å². The molecule has 0 unspecified atom stereocenters. The monoisotopic (exact) mass is 282 g/mol. The van der Waals surface area contributed by atoms with Crippen molar-refractivity contribution in [3.05, 3.63) is 48.0 Å². The molecule has 0 radical (unpaired) electrons. The lowest BCUT2D eigenvalue weighted by molar-refractivity contribution is 0.0951. The van der Waals surface area contributed by atoms with E-state index in [2.05, 4.69) is 20.4 Å². The van der Waals surface area contributed by atoms with Crippen LogP contribution in [0.5, 0.6) is 0 Å². The summed E-state index contributed by atoms with van der Waals surface area (Å²) < 4.78 is 1.58. The van der Waals surface area contributed by atoms with Gasteiger partial charge < -0.3 is 11.1 Å². The van der Waals surface area contributed by atoms with Crippen molar-refractivity contribution in [2.45, 2.75) is 6.54 Å². The van der Waals surface area contributed by atoms with Crippen molar-refractivity contribution in [2.24, 2.45) is 7.05 Å². The third kappa shape index (κ3) is 2.66. The van der Waals surface area contributed by atoms with Crippen molar-refractivity contribution >= 4 is 22.6 Å². The number of nitrogen functional groups attached to an aromatic ring is 1. The van der Waals surface area contributed by atoms with Crippen LogP contribution in [0.15, 0.2) is 36.7 Å². The SMILES string of the molecule is Cn1cnc(CNC(=O)c2cc(N)nc3ccccc23)n1. The smallest absolute Gasteiger partial charge is 0.252 e. The second-order valence-electron chi connectivity index (χ2n) is 4.63. The number of nitrogens with one attached hydrogen (secondary N) is 1. The average molecular weight is 282 g/mol. The van der Waals surface area contributed by atoms with E-state index in [1.807, 2.05) is 24.3 Å². The van der Waals surface area contributed by atoms with Crippen molar-refractivity contribution in [2.75, 3.05) is 5.73 Å². The van der Waals surface area contributed by atoms with E-state index < -0.39 is 0 Å². The molecule has 3 N–H and O–H groups in total. The Labute approximate surface area is 120 Å². The number of aromatic nitrogens is 4. The Bertz CT molecular complexity index is 810. The maximum atomic E-state index is 12.3. The van der Waals surface area contributed by atoms with Crippen LogP contribution in [0.3, 0.4) is 0 Å². The minimum atomic E-state index is -0.229. The van der Waals surface area contributed by atoms with Gasteiger partial charge in [0.1, 0.15) is 12.1 Å². The molecule has 0 fully saturated rings. The topological polar surface area (TPSA) is 98.7 Å². The van der Waals surface area contributed by atoms with E-state index in [0.29, 0.717) is 22.7 Å². The number of anilines is 1. The molecular formula is C14H14N6O. The van der Waals surface area contributed by atoms with E-state index in [9.17, 15) is 4.79 Å². The first-order chi connectivity index (χ1) is 10.1. The van der Waals surface area contributed by atoms with Crippen molar-refractivity contribution < 1.29 is 4.79 Å². The molecule has 106 valence electrons. The molecule has 0 aliphatic carbocycles. The van der Waals surface area contributed by atoms with Crippen LogP contribution in [0.4, 0.5) is 5.82 Å². The summed E-state index contributed by atoms with van der Waals surface area (Å²) in [6, 6.07) is 8.95. The largest absolute Gasteiger partial charge is 0.384 e. The first kappa shape index (κ1) is 13.0. The molecule has 0 aliphatic rings. The lowest BCUT2D eigenvalue weighted by atomic mass is 10.1. The standard InChI is InChI=1S/C14H14N6O/c1-20-8-17-13(19-20)7-16-14(21)10-6-12(15)18-11-5-3-2-4-9(10)11/h2-6,8H,7H2,1H3,(H2,15,18)(H,16,21). The van der Waals surface area contributed by atoms with E-state index in [4.69, 9.17) is 5.73 Å². The number of carbonyl (C=O) groups is 1. The predicted octanol–water partition coefficient (Wildman–Crippen LogP) is 0.875. The molecule has 2 aromatic heterocycles. The summed E-state index contributed by atoms with van der Waals surface area (Å²) in [6.45, 7) is 0.260. The van der Waals surface area contributed by atoms with Crippen molar-refractivity contribution in [3.63, 3.8) is 0 Å². The fourth-order valence-corrected chi connectivity index (χ4v) is 2.10. The molecule has 21 heavy (non-hydrogen) atoms. The lowest BCUT2D eigenvalue weighted by Gasteiger charge is -2.07. The number of fused-ring (bicyclic) bond motifs is 1. The van der Waals surface area contributed by atoms with Gasteiger partial charge in [-0.25, -0.2) is 9.97 Å². The second-order valence-corrected chi connectivity index (χ2v) is 4.63. The summed E-state index contributed by atoms with van der Waals surface area (Å²) in [6.07, 6.45) is 1.58. The fourth-order valence-electron chi connectivity index (χ4n) is 2.10. The average Bonchev–Trinajstić information content (AvgIpc) is 2.89. The molecule has 7 heteroatoms. The van der Waals surface area contributed by atoms with Gasteiger partial charge in [0, 0.05) is 12.4 Å². The highest BCUT2D eigenvalue weighted by atomic mass is 16.1. The zero-order chi connectivity index (χ0) is 14.8. The number of benzene rings is 1. The highest BCUT2D eigenvalue weighted by molar-refractivity contribution is 6.06.